The van der Waals surface area contributed by atoms with Crippen LogP contribution in [-0.4, -0.2) is 16.4 Å². The van der Waals surface area contributed by atoms with Crippen molar-refractivity contribution in [1.82, 2.24) is 4.57 Å². The highest BCUT2D eigenvalue weighted by molar-refractivity contribution is 6.04. The highest BCUT2D eigenvalue weighted by atomic mass is 19.1. The van der Waals surface area contributed by atoms with Gasteiger partial charge in [-0.25, -0.2) is 4.39 Å². The number of nitrogens with one attached hydrogen (secondary N) is 2. The van der Waals surface area contributed by atoms with Crippen LogP contribution in [0.4, 0.5) is 15.8 Å². The zero-order chi connectivity index (χ0) is 19.4. The van der Waals surface area contributed by atoms with Crippen LogP contribution in [0.5, 0.6) is 0 Å². The smallest absolute Gasteiger partial charge is 0.257 e. The lowest BCUT2D eigenvalue weighted by Crippen LogP contribution is -2.21. The Labute approximate surface area is 154 Å². The predicted octanol–water partition coefficient (Wildman–Crippen LogP) is 3.19. The Bertz CT molecular complexity index is 1060. The number of carbonyl (C=O) groups excluding carboxylic acids is 2. The second-order valence-corrected chi connectivity index (χ2v) is 5.82. The zero-order valence-electron chi connectivity index (χ0n) is 14.4. The Hall–Kier alpha value is -3.74. The van der Waals surface area contributed by atoms with E-state index in [0.717, 1.165) is 0 Å². The van der Waals surface area contributed by atoms with Crippen LogP contribution in [0.25, 0.3) is 5.69 Å². The molecule has 3 aromatic rings. The summed E-state index contributed by atoms with van der Waals surface area (Å²) < 4.78 is 14.6. The van der Waals surface area contributed by atoms with Crippen LogP contribution in [0, 0.1) is 5.82 Å². The highest BCUT2D eigenvalue weighted by Crippen LogP contribution is 2.15. The van der Waals surface area contributed by atoms with Crippen LogP contribution in [0.3, 0.4) is 0 Å². The molecule has 2 amide bonds. The minimum atomic E-state index is -0.478. The number of aromatic nitrogens is 1. The van der Waals surface area contributed by atoms with Gasteiger partial charge in [0.15, 0.2) is 0 Å². The molecule has 6 nitrogen and oxygen atoms in total. The van der Waals surface area contributed by atoms with Gasteiger partial charge in [0.25, 0.3) is 11.5 Å². The second-order valence-electron chi connectivity index (χ2n) is 5.82. The van der Waals surface area contributed by atoms with Crippen LogP contribution in [0.1, 0.15) is 17.3 Å². The van der Waals surface area contributed by atoms with Crippen LogP contribution >= 0.6 is 0 Å². The van der Waals surface area contributed by atoms with Gasteiger partial charge in [0.2, 0.25) is 5.91 Å². The largest absolute Gasteiger partial charge is 0.326 e. The molecule has 27 heavy (non-hydrogen) atoms. The topological polar surface area (TPSA) is 80.2 Å². The van der Waals surface area contributed by atoms with Crippen molar-refractivity contribution in [2.45, 2.75) is 6.92 Å². The molecule has 0 fully saturated rings. The Morgan fingerprint density at radius 2 is 1.59 bits per heavy atom. The normalized spacial score (nSPS) is 10.3. The average molecular weight is 365 g/mol. The van der Waals surface area contributed by atoms with E-state index in [2.05, 4.69) is 10.6 Å². The van der Waals surface area contributed by atoms with E-state index in [1.54, 1.807) is 30.3 Å². The van der Waals surface area contributed by atoms with E-state index in [-0.39, 0.29) is 17.0 Å². The Morgan fingerprint density at radius 1 is 0.926 bits per heavy atom. The zero-order valence-corrected chi connectivity index (χ0v) is 14.4. The lowest BCUT2D eigenvalue weighted by molar-refractivity contribution is -0.114. The number of carbonyl (C=O) groups is 2. The minimum absolute atomic E-state index is 0.189. The Kier molecular flexibility index (Phi) is 5.12. The van der Waals surface area contributed by atoms with E-state index in [0.29, 0.717) is 17.1 Å². The van der Waals surface area contributed by atoms with Crippen molar-refractivity contribution in [3.05, 3.63) is 88.6 Å². The van der Waals surface area contributed by atoms with Gasteiger partial charge in [0.05, 0.1) is 11.3 Å². The third kappa shape index (κ3) is 4.46. The van der Waals surface area contributed by atoms with E-state index in [1.165, 1.54) is 48.0 Å². The van der Waals surface area contributed by atoms with Gasteiger partial charge in [-0.05, 0) is 48.5 Å². The van der Waals surface area contributed by atoms with E-state index in [4.69, 9.17) is 0 Å². The summed E-state index contributed by atoms with van der Waals surface area (Å²) in [4.78, 5) is 35.6. The standard InChI is InChI=1S/C20H16FN3O3/c1-13(25)22-16-6-8-17(9-7-16)23-20(27)14-5-10-19(26)24(12-14)18-4-2-3-15(21)11-18/h2-12H,1H3,(H,22,25)(H,23,27). The number of hydrogen-bond acceptors (Lipinski definition) is 3. The van der Waals surface area contributed by atoms with Gasteiger partial charge in [-0.1, -0.05) is 6.07 Å². The number of amides is 2. The molecule has 0 saturated heterocycles. The van der Waals surface area contributed by atoms with Crippen molar-refractivity contribution in [3.8, 4) is 5.69 Å². The van der Waals surface area contributed by atoms with Crippen molar-refractivity contribution in [3.63, 3.8) is 0 Å². The monoisotopic (exact) mass is 365 g/mol. The Morgan fingerprint density at radius 3 is 2.22 bits per heavy atom. The first-order chi connectivity index (χ1) is 12.9. The molecule has 1 aromatic heterocycles. The lowest BCUT2D eigenvalue weighted by atomic mass is 10.2. The van der Waals surface area contributed by atoms with Gasteiger partial charge in [-0.2, -0.15) is 0 Å². The summed E-state index contributed by atoms with van der Waals surface area (Å²) >= 11 is 0. The number of hydrogen-bond donors (Lipinski definition) is 2. The van der Waals surface area contributed by atoms with Gasteiger partial charge < -0.3 is 10.6 Å². The van der Waals surface area contributed by atoms with Gasteiger partial charge in [-0.15, -0.1) is 0 Å². The number of benzene rings is 2. The van der Waals surface area contributed by atoms with Crippen LogP contribution in [0.15, 0.2) is 71.7 Å². The van der Waals surface area contributed by atoms with Crippen molar-refractivity contribution < 1.29 is 14.0 Å². The summed E-state index contributed by atoms with van der Waals surface area (Å²) in [5.41, 5.74) is 1.33. The van der Waals surface area contributed by atoms with Crippen LogP contribution in [0.2, 0.25) is 0 Å². The van der Waals surface area contributed by atoms with E-state index in [1.807, 2.05) is 0 Å². The van der Waals surface area contributed by atoms with Crippen molar-refractivity contribution in [2.24, 2.45) is 0 Å². The molecule has 0 aliphatic rings. The quantitative estimate of drug-likeness (QED) is 0.745. The first-order valence-corrected chi connectivity index (χ1v) is 8.10. The number of nitrogens with zero attached hydrogens (tertiary/aromatic N) is 1. The van der Waals surface area contributed by atoms with Crippen molar-refractivity contribution in [1.29, 1.82) is 0 Å². The molecule has 3 rings (SSSR count). The maximum absolute atomic E-state index is 13.4. The summed E-state index contributed by atoms with van der Waals surface area (Å²) in [6.45, 7) is 1.41. The minimum Gasteiger partial charge on any atom is -0.326 e. The first kappa shape index (κ1) is 18.1. The highest BCUT2D eigenvalue weighted by Gasteiger charge is 2.10. The molecule has 0 unspecified atom stereocenters. The molecule has 0 aliphatic carbocycles. The third-order valence-corrected chi connectivity index (χ3v) is 3.72. The first-order valence-electron chi connectivity index (χ1n) is 8.10. The van der Waals surface area contributed by atoms with Crippen LogP contribution in [-0.2, 0) is 4.79 Å². The SMILES string of the molecule is CC(=O)Nc1ccc(NC(=O)c2ccc(=O)n(-c3cccc(F)c3)c2)cc1. The molecule has 1 heterocycles. The molecule has 0 aliphatic heterocycles. The summed E-state index contributed by atoms with van der Waals surface area (Å²) in [5.74, 6) is -1.09. The molecule has 0 saturated carbocycles. The van der Waals surface area contributed by atoms with E-state index >= 15 is 0 Å². The molecule has 7 heteroatoms. The molecule has 2 N–H and O–H groups in total. The molecular formula is C20H16FN3O3. The van der Waals surface area contributed by atoms with Gasteiger partial charge in [-0.3, -0.25) is 19.0 Å². The van der Waals surface area contributed by atoms with Gasteiger partial charge in [0.1, 0.15) is 5.82 Å². The summed E-state index contributed by atoms with van der Waals surface area (Å²) in [6, 6.07) is 14.8. The summed E-state index contributed by atoms with van der Waals surface area (Å²) in [7, 11) is 0. The van der Waals surface area contributed by atoms with E-state index in [9.17, 15) is 18.8 Å². The number of rotatable bonds is 4. The number of pyridine rings is 1. The molecule has 0 spiro atoms. The predicted molar refractivity (Wildman–Crippen MR) is 101 cm³/mol. The maximum Gasteiger partial charge on any atom is 0.257 e. The third-order valence-electron chi connectivity index (χ3n) is 3.72. The summed E-state index contributed by atoms with van der Waals surface area (Å²) in [6.07, 6.45) is 1.36. The fourth-order valence-corrected chi connectivity index (χ4v) is 2.49. The summed E-state index contributed by atoms with van der Waals surface area (Å²) in [5, 5.41) is 5.34. The fraction of sp³-hybridized carbons (Fsp3) is 0.0500. The van der Waals surface area contributed by atoms with Crippen LogP contribution < -0.4 is 16.2 Å². The molecule has 0 radical (unpaired) electrons. The molecule has 0 atom stereocenters. The average Bonchev–Trinajstić information content (AvgIpc) is 2.63. The fourth-order valence-electron chi connectivity index (χ4n) is 2.49. The molecule has 2 aromatic carbocycles. The lowest BCUT2D eigenvalue weighted by Gasteiger charge is -2.10. The molecular weight excluding hydrogens is 349 g/mol. The molecule has 136 valence electrons. The van der Waals surface area contributed by atoms with Gasteiger partial charge in [0, 0.05) is 30.6 Å². The second kappa shape index (κ2) is 7.65. The number of anilines is 2. The van der Waals surface area contributed by atoms with Crippen molar-refractivity contribution in [2.75, 3.05) is 10.6 Å². The number of halogens is 1. The Balaban J connectivity index is 1.82. The van der Waals surface area contributed by atoms with E-state index < -0.39 is 11.7 Å². The van der Waals surface area contributed by atoms with Crippen molar-refractivity contribution >= 4 is 23.2 Å². The molecule has 0 bridgehead atoms. The maximum atomic E-state index is 13.4. The van der Waals surface area contributed by atoms with Gasteiger partial charge >= 0.3 is 0 Å².